The summed E-state index contributed by atoms with van der Waals surface area (Å²) in [6.45, 7) is 3.77. The molecule has 0 saturated carbocycles. The number of imide groups is 1. The maximum Gasteiger partial charge on any atom is 0.325 e. The van der Waals surface area contributed by atoms with Crippen LogP contribution in [0.5, 0.6) is 0 Å². The minimum Gasteiger partial charge on any atom is -0.348 e. The summed E-state index contributed by atoms with van der Waals surface area (Å²) in [6.07, 6.45) is 3.49. The van der Waals surface area contributed by atoms with E-state index >= 15 is 0 Å². The van der Waals surface area contributed by atoms with Crippen molar-refractivity contribution in [2.45, 2.75) is 51.6 Å². The van der Waals surface area contributed by atoms with Crippen molar-refractivity contribution >= 4 is 17.8 Å². The molecule has 0 radical (unpaired) electrons. The summed E-state index contributed by atoms with van der Waals surface area (Å²) in [6, 6.07) is 7.05. The van der Waals surface area contributed by atoms with E-state index in [-0.39, 0.29) is 24.4 Å². The SMILES string of the molecule is CC(C)C[C@H]1NC(=O)N(CC(=O)N[C@@H]2CCCc3ccccc32)C1=O. The second kappa shape index (κ2) is 7.25. The van der Waals surface area contributed by atoms with Gasteiger partial charge in [0, 0.05) is 0 Å². The Hall–Kier alpha value is -2.37. The predicted octanol–water partition coefficient (Wildman–Crippen LogP) is 2.15. The lowest BCUT2D eigenvalue weighted by molar-refractivity contribution is -0.132. The topological polar surface area (TPSA) is 78.5 Å². The molecule has 0 aromatic heterocycles. The van der Waals surface area contributed by atoms with Crippen LogP contribution in [0.4, 0.5) is 4.79 Å². The van der Waals surface area contributed by atoms with Crippen LogP contribution >= 0.6 is 0 Å². The summed E-state index contributed by atoms with van der Waals surface area (Å²) < 4.78 is 0. The summed E-state index contributed by atoms with van der Waals surface area (Å²) >= 11 is 0. The predicted molar refractivity (Wildman–Crippen MR) is 93.8 cm³/mol. The van der Waals surface area contributed by atoms with Gasteiger partial charge in [-0.05, 0) is 42.7 Å². The molecule has 1 aliphatic heterocycles. The third-order valence-electron chi connectivity index (χ3n) is 4.82. The highest BCUT2D eigenvalue weighted by Crippen LogP contribution is 2.29. The molecule has 3 rings (SSSR count). The van der Waals surface area contributed by atoms with Crippen molar-refractivity contribution in [3.8, 4) is 0 Å². The van der Waals surface area contributed by atoms with Crippen LogP contribution in [-0.4, -0.2) is 35.3 Å². The molecule has 0 spiro atoms. The molecule has 0 bridgehead atoms. The van der Waals surface area contributed by atoms with E-state index in [9.17, 15) is 14.4 Å². The van der Waals surface area contributed by atoms with Crippen molar-refractivity contribution in [1.29, 1.82) is 0 Å². The molecular formula is C19H25N3O3. The van der Waals surface area contributed by atoms with E-state index in [2.05, 4.69) is 16.7 Å². The largest absolute Gasteiger partial charge is 0.348 e. The average Bonchev–Trinajstić information content (AvgIpc) is 2.82. The Bertz CT molecular complexity index is 686. The highest BCUT2D eigenvalue weighted by atomic mass is 16.2. The van der Waals surface area contributed by atoms with Crippen LogP contribution in [-0.2, 0) is 16.0 Å². The van der Waals surface area contributed by atoms with Crippen LogP contribution in [0.1, 0.15) is 50.3 Å². The van der Waals surface area contributed by atoms with E-state index in [0.717, 1.165) is 29.7 Å². The number of nitrogens with one attached hydrogen (secondary N) is 2. The highest BCUT2D eigenvalue weighted by Gasteiger charge is 2.39. The van der Waals surface area contributed by atoms with Crippen LogP contribution in [0, 0.1) is 5.92 Å². The number of hydrogen-bond donors (Lipinski definition) is 2. The normalized spacial score (nSPS) is 22.8. The molecule has 4 amide bonds. The van der Waals surface area contributed by atoms with Crippen molar-refractivity contribution < 1.29 is 14.4 Å². The standard InChI is InChI=1S/C19H25N3O3/c1-12(2)10-16-18(24)22(19(25)21-16)11-17(23)20-15-9-5-7-13-6-3-4-8-14(13)15/h3-4,6,8,12,15-16H,5,7,9-11H2,1-2H3,(H,20,23)(H,21,25)/t15-,16-/m1/s1. The molecule has 1 fully saturated rings. The van der Waals surface area contributed by atoms with E-state index in [1.54, 1.807) is 0 Å². The summed E-state index contributed by atoms with van der Waals surface area (Å²) in [5.74, 6) is -0.310. The fourth-order valence-corrected chi connectivity index (χ4v) is 3.65. The molecule has 1 aliphatic carbocycles. The van der Waals surface area contributed by atoms with Crippen LogP contribution in [0.3, 0.4) is 0 Å². The van der Waals surface area contributed by atoms with Crippen molar-refractivity contribution in [2.24, 2.45) is 5.92 Å². The van der Waals surface area contributed by atoms with Crippen molar-refractivity contribution in [1.82, 2.24) is 15.5 Å². The minimum absolute atomic E-state index is 0.0512. The van der Waals surface area contributed by atoms with Gasteiger partial charge in [0.2, 0.25) is 5.91 Å². The molecule has 1 aromatic rings. The molecule has 134 valence electrons. The van der Waals surface area contributed by atoms with E-state index in [1.807, 2.05) is 32.0 Å². The highest BCUT2D eigenvalue weighted by molar-refractivity contribution is 6.06. The molecule has 2 atom stereocenters. The number of rotatable bonds is 5. The lowest BCUT2D eigenvalue weighted by Gasteiger charge is -2.27. The van der Waals surface area contributed by atoms with Gasteiger partial charge in [-0.15, -0.1) is 0 Å². The van der Waals surface area contributed by atoms with Crippen molar-refractivity contribution in [3.05, 3.63) is 35.4 Å². The molecule has 6 nitrogen and oxygen atoms in total. The number of carbonyl (C=O) groups excluding carboxylic acids is 3. The van der Waals surface area contributed by atoms with Crippen molar-refractivity contribution in [3.63, 3.8) is 0 Å². The number of urea groups is 1. The Labute approximate surface area is 148 Å². The lowest BCUT2D eigenvalue weighted by Crippen LogP contribution is -2.42. The molecule has 0 unspecified atom stereocenters. The summed E-state index contributed by atoms with van der Waals surface area (Å²) in [5, 5.41) is 5.65. The van der Waals surface area contributed by atoms with Crippen LogP contribution < -0.4 is 10.6 Å². The maximum absolute atomic E-state index is 12.4. The van der Waals surface area contributed by atoms with E-state index in [1.165, 1.54) is 5.56 Å². The first-order valence-corrected chi connectivity index (χ1v) is 8.94. The zero-order chi connectivity index (χ0) is 18.0. The van der Waals surface area contributed by atoms with Gasteiger partial charge in [0.1, 0.15) is 12.6 Å². The van der Waals surface area contributed by atoms with Gasteiger partial charge < -0.3 is 10.6 Å². The maximum atomic E-state index is 12.4. The van der Waals surface area contributed by atoms with Crippen LogP contribution in [0.15, 0.2) is 24.3 Å². The first-order valence-electron chi connectivity index (χ1n) is 8.94. The zero-order valence-electron chi connectivity index (χ0n) is 14.7. The minimum atomic E-state index is -0.518. The Morgan fingerprint density at radius 3 is 2.84 bits per heavy atom. The number of benzene rings is 1. The molecule has 25 heavy (non-hydrogen) atoms. The van der Waals surface area contributed by atoms with E-state index in [4.69, 9.17) is 0 Å². The second-order valence-corrected chi connectivity index (χ2v) is 7.27. The number of hydrogen-bond acceptors (Lipinski definition) is 3. The Morgan fingerprint density at radius 1 is 1.32 bits per heavy atom. The van der Waals surface area contributed by atoms with Crippen LogP contribution in [0.2, 0.25) is 0 Å². The Kier molecular flexibility index (Phi) is 5.06. The van der Waals surface area contributed by atoms with Gasteiger partial charge in [0.05, 0.1) is 6.04 Å². The first kappa shape index (κ1) is 17.5. The average molecular weight is 343 g/mol. The van der Waals surface area contributed by atoms with E-state index in [0.29, 0.717) is 12.3 Å². The van der Waals surface area contributed by atoms with Gasteiger partial charge in [-0.25, -0.2) is 4.79 Å². The number of carbonyl (C=O) groups is 3. The summed E-state index contributed by atoms with van der Waals surface area (Å²) in [5.41, 5.74) is 2.39. The third kappa shape index (κ3) is 3.83. The van der Waals surface area contributed by atoms with Gasteiger partial charge in [0.15, 0.2) is 0 Å². The molecule has 1 aromatic carbocycles. The summed E-state index contributed by atoms with van der Waals surface area (Å²) in [7, 11) is 0. The van der Waals surface area contributed by atoms with Crippen molar-refractivity contribution in [2.75, 3.05) is 6.54 Å². The smallest absolute Gasteiger partial charge is 0.325 e. The first-order chi connectivity index (χ1) is 12.0. The fraction of sp³-hybridized carbons (Fsp3) is 0.526. The lowest BCUT2D eigenvalue weighted by atomic mass is 9.88. The number of fused-ring (bicyclic) bond motifs is 1. The molecule has 1 heterocycles. The number of aryl methyl sites for hydroxylation is 1. The van der Waals surface area contributed by atoms with Gasteiger partial charge in [-0.2, -0.15) is 0 Å². The fourth-order valence-electron chi connectivity index (χ4n) is 3.65. The molecule has 1 saturated heterocycles. The zero-order valence-corrected chi connectivity index (χ0v) is 14.7. The van der Waals surface area contributed by atoms with Gasteiger partial charge in [-0.1, -0.05) is 38.1 Å². The number of nitrogens with zero attached hydrogens (tertiary/aromatic N) is 1. The second-order valence-electron chi connectivity index (χ2n) is 7.27. The molecule has 2 aliphatic rings. The van der Waals surface area contributed by atoms with Gasteiger partial charge >= 0.3 is 6.03 Å². The molecule has 6 heteroatoms. The quantitative estimate of drug-likeness (QED) is 0.804. The van der Waals surface area contributed by atoms with Gasteiger partial charge in [0.25, 0.3) is 5.91 Å². The van der Waals surface area contributed by atoms with Gasteiger partial charge in [-0.3, -0.25) is 14.5 Å². The number of amides is 4. The van der Waals surface area contributed by atoms with E-state index < -0.39 is 12.1 Å². The Morgan fingerprint density at radius 2 is 2.08 bits per heavy atom. The molecular weight excluding hydrogens is 318 g/mol. The third-order valence-corrected chi connectivity index (χ3v) is 4.82. The summed E-state index contributed by atoms with van der Waals surface area (Å²) in [4.78, 5) is 37.8. The monoisotopic (exact) mass is 343 g/mol. The van der Waals surface area contributed by atoms with Crippen LogP contribution in [0.25, 0.3) is 0 Å². The molecule has 2 N–H and O–H groups in total. The Balaban J connectivity index is 1.62.